The first-order valence-electron chi connectivity index (χ1n) is 6.22. The molecule has 18 heavy (non-hydrogen) atoms. The maximum atomic E-state index is 11.8. The molecular weight excluding hydrogens is 228 g/mol. The topological polar surface area (TPSA) is 81.6 Å². The van der Waals surface area contributed by atoms with Gasteiger partial charge in [0.15, 0.2) is 0 Å². The standard InChI is InChI=1S/C13H20N4O/c1-4-13(3,9-14)12(18)15-7-5-6-11-8-16-17-10(11)2/h8H,4-7H2,1-3H3,(H,15,18)(H,16,17). The van der Waals surface area contributed by atoms with E-state index < -0.39 is 5.41 Å². The molecule has 1 rings (SSSR count). The Morgan fingerprint density at radius 1 is 1.67 bits per heavy atom. The first-order valence-corrected chi connectivity index (χ1v) is 6.22. The lowest BCUT2D eigenvalue weighted by atomic mass is 9.88. The van der Waals surface area contributed by atoms with Crippen molar-refractivity contribution in [3.63, 3.8) is 0 Å². The van der Waals surface area contributed by atoms with Crippen LogP contribution < -0.4 is 5.32 Å². The summed E-state index contributed by atoms with van der Waals surface area (Å²) in [4.78, 5) is 11.8. The van der Waals surface area contributed by atoms with Crippen molar-refractivity contribution in [3.05, 3.63) is 17.5 Å². The van der Waals surface area contributed by atoms with Crippen LogP contribution in [0.2, 0.25) is 0 Å². The third kappa shape index (κ3) is 3.33. The first-order chi connectivity index (χ1) is 8.53. The zero-order valence-electron chi connectivity index (χ0n) is 11.2. The van der Waals surface area contributed by atoms with Crippen molar-refractivity contribution in [1.82, 2.24) is 15.5 Å². The third-order valence-electron chi connectivity index (χ3n) is 3.30. The van der Waals surface area contributed by atoms with E-state index >= 15 is 0 Å². The van der Waals surface area contributed by atoms with Crippen LogP contribution in [0.1, 0.15) is 37.9 Å². The monoisotopic (exact) mass is 248 g/mol. The zero-order chi connectivity index (χ0) is 13.6. The summed E-state index contributed by atoms with van der Waals surface area (Å²) >= 11 is 0. The molecule has 98 valence electrons. The number of aryl methyl sites for hydroxylation is 2. The molecule has 0 saturated heterocycles. The molecule has 2 N–H and O–H groups in total. The average Bonchev–Trinajstić information content (AvgIpc) is 2.79. The van der Waals surface area contributed by atoms with Crippen molar-refractivity contribution in [1.29, 1.82) is 5.26 Å². The number of carbonyl (C=O) groups excluding carboxylic acids is 1. The second-order valence-electron chi connectivity index (χ2n) is 4.68. The number of rotatable bonds is 6. The molecular formula is C13H20N4O. The maximum absolute atomic E-state index is 11.8. The lowest BCUT2D eigenvalue weighted by Gasteiger charge is -2.18. The van der Waals surface area contributed by atoms with E-state index in [9.17, 15) is 4.79 Å². The Morgan fingerprint density at radius 2 is 2.39 bits per heavy atom. The van der Waals surface area contributed by atoms with Crippen molar-refractivity contribution in [2.24, 2.45) is 5.41 Å². The largest absolute Gasteiger partial charge is 0.355 e. The number of H-pyrrole nitrogens is 1. The number of aromatic nitrogens is 2. The molecule has 0 fully saturated rings. The predicted molar refractivity (Wildman–Crippen MR) is 68.7 cm³/mol. The van der Waals surface area contributed by atoms with Gasteiger partial charge in [0.05, 0.1) is 12.3 Å². The van der Waals surface area contributed by atoms with Crippen molar-refractivity contribution in [3.8, 4) is 6.07 Å². The quantitative estimate of drug-likeness (QED) is 0.752. The highest BCUT2D eigenvalue weighted by Gasteiger charge is 2.30. The molecule has 1 aromatic rings. The fourth-order valence-corrected chi connectivity index (χ4v) is 1.59. The zero-order valence-corrected chi connectivity index (χ0v) is 11.2. The molecule has 0 radical (unpaired) electrons. The molecule has 0 aliphatic heterocycles. The highest BCUT2D eigenvalue weighted by atomic mass is 16.2. The van der Waals surface area contributed by atoms with Gasteiger partial charge in [0.1, 0.15) is 5.41 Å². The van der Waals surface area contributed by atoms with E-state index in [0.717, 1.165) is 18.5 Å². The summed E-state index contributed by atoms with van der Waals surface area (Å²) < 4.78 is 0. The fourth-order valence-electron chi connectivity index (χ4n) is 1.59. The first kappa shape index (κ1) is 14.2. The van der Waals surface area contributed by atoms with Gasteiger partial charge < -0.3 is 5.32 Å². The van der Waals surface area contributed by atoms with Gasteiger partial charge in [-0.05, 0) is 38.7 Å². The molecule has 0 aliphatic carbocycles. The van der Waals surface area contributed by atoms with Crippen LogP contribution in [0.25, 0.3) is 0 Å². The molecule has 0 aliphatic rings. The van der Waals surface area contributed by atoms with E-state index in [-0.39, 0.29) is 5.91 Å². The van der Waals surface area contributed by atoms with Gasteiger partial charge in [-0.15, -0.1) is 0 Å². The van der Waals surface area contributed by atoms with Crippen molar-refractivity contribution >= 4 is 5.91 Å². The SMILES string of the molecule is CCC(C)(C#N)C(=O)NCCCc1cn[nH]c1C. The molecule has 5 heteroatoms. The lowest BCUT2D eigenvalue weighted by molar-refractivity contribution is -0.127. The summed E-state index contributed by atoms with van der Waals surface area (Å²) in [6, 6.07) is 2.06. The molecule has 0 aromatic carbocycles. The smallest absolute Gasteiger partial charge is 0.240 e. The normalized spacial score (nSPS) is 13.7. The van der Waals surface area contributed by atoms with Crippen LogP contribution in [0.5, 0.6) is 0 Å². The fraction of sp³-hybridized carbons (Fsp3) is 0.615. The molecule has 1 aromatic heterocycles. The van der Waals surface area contributed by atoms with Gasteiger partial charge in [-0.3, -0.25) is 9.89 Å². The highest BCUT2D eigenvalue weighted by molar-refractivity contribution is 5.84. The van der Waals surface area contributed by atoms with Crippen molar-refractivity contribution < 1.29 is 4.79 Å². The number of aromatic amines is 1. The van der Waals surface area contributed by atoms with Crippen LogP contribution in [0.3, 0.4) is 0 Å². The minimum Gasteiger partial charge on any atom is -0.355 e. The van der Waals surface area contributed by atoms with Crippen LogP contribution in [0, 0.1) is 23.7 Å². The van der Waals surface area contributed by atoms with E-state index in [4.69, 9.17) is 5.26 Å². The number of nitriles is 1. The van der Waals surface area contributed by atoms with Gasteiger partial charge in [-0.1, -0.05) is 6.92 Å². The second-order valence-corrected chi connectivity index (χ2v) is 4.68. The van der Waals surface area contributed by atoms with E-state index in [2.05, 4.69) is 21.6 Å². The second kappa shape index (κ2) is 6.20. The van der Waals surface area contributed by atoms with Crippen LogP contribution in [-0.4, -0.2) is 22.6 Å². The van der Waals surface area contributed by atoms with Gasteiger partial charge in [-0.2, -0.15) is 10.4 Å². The molecule has 0 bridgehead atoms. The summed E-state index contributed by atoms with van der Waals surface area (Å²) in [7, 11) is 0. The Kier molecular flexibility index (Phi) is 4.90. The Balaban J connectivity index is 2.33. The van der Waals surface area contributed by atoms with Gasteiger partial charge in [-0.25, -0.2) is 0 Å². The summed E-state index contributed by atoms with van der Waals surface area (Å²) in [5.74, 6) is -0.184. The number of hydrogen-bond acceptors (Lipinski definition) is 3. The molecule has 1 atom stereocenters. The molecule has 0 spiro atoms. The van der Waals surface area contributed by atoms with Crippen LogP contribution >= 0.6 is 0 Å². The minimum absolute atomic E-state index is 0.184. The average molecular weight is 248 g/mol. The summed E-state index contributed by atoms with van der Waals surface area (Å²) in [5, 5.41) is 18.6. The third-order valence-corrected chi connectivity index (χ3v) is 3.30. The Hall–Kier alpha value is -1.83. The van der Waals surface area contributed by atoms with Crippen molar-refractivity contribution in [2.45, 2.75) is 40.0 Å². The number of amides is 1. The lowest BCUT2D eigenvalue weighted by Crippen LogP contribution is -2.38. The summed E-state index contributed by atoms with van der Waals surface area (Å²) in [6.45, 7) is 6.08. The molecule has 1 amide bonds. The minimum atomic E-state index is -0.911. The summed E-state index contributed by atoms with van der Waals surface area (Å²) in [5.41, 5.74) is 1.32. The van der Waals surface area contributed by atoms with E-state index in [1.807, 2.05) is 20.0 Å². The predicted octanol–water partition coefficient (Wildman–Crippen LogP) is 1.71. The number of carbonyl (C=O) groups is 1. The number of nitrogens with zero attached hydrogens (tertiary/aromatic N) is 2. The van der Waals surface area contributed by atoms with E-state index in [1.165, 1.54) is 5.56 Å². The van der Waals surface area contributed by atoms with E-state index in [1.54, 1.807) is 6.92 Å². The van der Waals surface area contributed by atoms with Crippen LogP contribution in [0.4, 0.5) is 0 Å². The molecule has 0 saturated carbocycles. The van der Waals surface area contributed by atoms with E-state index in [0.29, 0.717) is 13.0 Å². The molecule has 1 heterocycles. The van der Waals surface area contributed by atoms with Crippen molar-refractivity contribution in [2.75, 3.05) is 6.54 Å². The van der Waals surface area contributed by atoms with Crippen LogP contribution in [-0.2, 0) is 11.2 Å². The highest BCUT2D eigenvalue weighted by Crippen LogP contribution is 2.19. The maximum Gasteiger partial charge on any atom is 0.240 e. The van der Waals surface area contributed by atoms with Gasteiger partial charge in [0.2, 0.25) is 5.91 Å². The molecule has 1 unspecified atom stereocenters. The molecule has 5 nitrogen and oxygen atoms in total. The Morgan fingerprint density at radius 3 is 2.89 bits per heavy atom. The van der Waals surface area contributed by atoms with Gasteiger partial charge >= 0.3 is 0 Å². The number of nitrogens with one attached hydrogen (secondary N) is 2. The van der Waals surface area contributed by atoms with Gasteiger partial charge in [0.25, 0.3) is 0 Å². The van der Waals surface area contributed by atoms with Gasteiger partial charge in [0, 0.05) is 12.2 Å². The Labute approximate surface area is 108 Å². The summed E-state index contributed by atoms with van der Waals surface area (Å²) in [6.07, 6.45) is 4.05. The number of hydrogen-bond donors (Lipinski definition) is 2. The Bertz CT molecular complexity index is 446. The van der Waals surface area contributed by atoms with Crippen LogP contribution in [0.15, 0.2) is 6.20 Å².